The molecule has 1 saturated carbocycles. The summed E-state index contributed by atoms with van der Waals surface area (Å²) in [5.74, 6) is 1.85. The van der Waals surface area contributed by atoms with Crippen molar-refractivity contribution >= 4 is 27.4 Å². The van der Waals surface area contributed by atoms with Crippen molar-refractivity contribution in [2.24, 2.45) is 0 Å². The average molecular weight is 379 g/mol. The molecule has 3 heterocycles. The number of thiophene rings is 1. The van der Waals surface area contributed by atoms with Crippen molar-refractivity contribution in [3.05, 3.63) is 35.0 Å². The maximum absolute atomic E-state index is 5.01. The largest absolute Gasteiger partial charge is 0.367 e. The highest BCUT2D eigenvalue weighted by Crippen LogP contribution is 2.41. The quantitative estimate of drug-likeness (QED) is 0.629. The number of rotatable bonds is 3. The van der Waals surface area contributed by atoms with E-state index in [2.05, 4.69) is 16.4 Å². The van der Waals surface area contributed by atoms with Gasteiger partial charge in [0.2, 0.25) is 0 Å². The van der Waals surface area contributed by atoms with Crippen molar-refractivity contribution < 1.29 is 0 Å². The lowest BCUT2D eigenvalue weighted by atomic mass is 9.96. The molecular formula is C22H26N4S. The van der Waals surface area contributed by atoms with E-state index in [9.17, 15) is 0 Å². The molecular weight excluding hydrogens is 352 g/mol. The Balaban J connectivity index is 1.57. The Kier molecular flexibility index (Phi) is 4.78. The molecule has 27 heavy (non-hydrogen) atoms. The molecule has 0 unspecified atom stereocenters. The molecule has 3 aromatic rings. The summed E-state index contributed by atoms with van der Waals surface area (Å²) in [6.45, 7) is 0. The molecule has 0 amide bonds. The molecule has 0 spiro atoms. The van der Waals surface area contributed by atoms with E-state index < -0.39 is 0 Å². The first kappa shape index (κ1) is 17.1. The summed E-state index contributed by atoms with van der Waals surface area (Å²) in [4.78, 5) is 16.9. The summed E-state index contributed by atoms with van der Waals surface area (Å²) >= 11 is 1.87. The molecule has 0 radical (unpaired) electrons. The van der Waals surface area contributed by atoms with Gasteiger partial charge in [-0.25, -0.2) is 9.97 Å². The van der Waals surface area contributed by atoms with Gasteiger partial charge in [0.25, 0.3) is 0 Å². The van der Waals surface area contributed by atoms with Crippen molar-refractivity contribution in [3.63, 3.8) is 0 Å². The molecule has 5 rings (SSSR count). The van der Waals surface area contributed by atoms with Gasteiger partial charge in [0.15, 0.2) is 5.82 Å². The molecule has 0 atom stereocenters. The lowest BCUT2D eigenvalue weighted by molar-refractivity contribution is 0.471. The van der Waals surface area contributed by atoms with Crippen molar-refractivity contribution in [3.8, 4) is 11.4 Å². The van der Waals surface area contributed by atoms with Gasteiger partial charge in [0.1, 0.15) is 10.6 Å². The topological polar surface area (TPSA) is 50.7 Å². The van der Waals surface area contributed by atoms with E-state index in [1.54, 1.807) is 6.20 Å². The summed E-state index contributed by atoms with van der Waals surface area (Å²) in [5.41, 5.74) is 2.50. The fraction of sp³-hybridized carbons (Fsp3) is 0.500. The van der Waals surface area contributed by atoms with Crippen LogP contribution in [-0.2, 0) is 12.8 Å². The molecule has 3 aromatic heterocycles. The number of pyridine rings is 1. The molecule has 0 aromatic carbocycles. The second kappa shape index (κ2) is 7.55. The molecule has 2 aliphatic rings. The van der Waals surface area contributed by atoms with Crippen molar-refractivity contribution in [2.75, 3.05) is 5.32 Å². The van der Waals surface area contributed by atoms with Crippen LogP contribution in [0.1, 0.15) is 61.8 Å². The number of nitrogens with zero attached hydrogens (tertiary/aromatic N) is 3. The van der Waals surface area contributed by atoms with Crippen LogP contribution in [0.25, 0.3) is 21.6 Å². The van der Waals surface area contributed by atoms with Crippen LogP contribution in [-0.4, -0.2) is 21.0 Å². The smallest absolute Gasteiger partial charge is 0.164 e. The minimum Gasteiger partial charge on any atom is -0.367 e. The predicted octanol–water partition coefficient (Wildman–Crippen LogP) is 5.77. The van der Waals surface area contributed by atoms with Gasteiger partial charge in [-0.2, -0.15) is 0 Å². The normalized spacial score (nSPS) is 18.2. The monoisotopic (exact) mass is 378 g/mol. The third kappa shape index (κ3) is 3.45. The maximum atomic E-state index is 5.01. The minimum atomic E-state index is 0.530. The third-order valence-corrected chi connectivity index (χ3v) is 7.12. The van der Waals surface area contributed by atoms with Gasteiger partial charge < -0.3 is 5.32 Å². The van der Waals surface area contributed by atoms with Crippen LogP contribution >= 0.6 is 11.3 Å². The van der Waals surface area contributed by atoms with Crippen LogP contribution in [0.15, 0.2) is 24.5 Å². The van der Waals surface area contributed by atoms with Gasteiger partial charge in [-0.1, -0.05) is 32.1 Å². The molecule has 0 bridgehead atoms. The summed E-state index contributed by atoms with van der Waals surface area (Å²) in [6.07, 6.45) is 16.6. The molecule has 5 heteroatoms. The van der Waals surface area contributed by atoms with Crippen LogP contribution in [0.3, 0.4) is 0 Å². The van der Waals surface area contributed by atoms with Gasteiger partial charge in [-0.15, -0.1) is 11.3 Å². The number of fused-ring (bicyclic) bond motifs is 3. The highest BCUT2D eigenvalue weighted by atomic mass is 32.1. The van der Waals surface area contributed by atoms with Crippen LogP contribution < -0.4 is 5.32 Å². The molecule has 0 saturated heterocycles. The van der Waals surface area contributed by atoms with Crippen LogP contribution in [0.4, 0.5) is 5.82 Å². The zero-order valence-electron chi connectivity index (χ0n) is 15.7. The fourth-order valence-electron chi connectivity index (χ4n) is 4.52. The highest BCUT2D eigenvalue weighted by molar-refractivity contribution is 7.19. The molecule has 0 aliphatic heterocycles. The summed E-state index contributed by atoms with van der Waals surface area (Å²) in [6, 6.07) is 4.54. The van der Waals surface area contributed by atoms with Gasteiger partial charge in [0, 0.05) is 28.9 Å². The van der Waals surface area contributed by atoms with Crippen LogP contribution in [0.5, 0.6) is 0 Å². The Morgan fingerprint density at radius 3 is 2.63 bits per heavy atom. The number of nitrogens with one attached hydrogen (secondary N) is 1. The molecule has 1 N–H and O–H groups in total. The van der Waals surface area contributed by atoms with Crippen molar-refractivity contribution in [1.29, 1.82) is 0 Å². The highest BCUT2D eigenvalue weighted by Gasteiger charge is 2.24. The first-order chi connectivity index (χ1) is 13.4. The lowest BCUT2D eigenvalue weighted by Crippen LogP contribution is -2.21. The zero-order chi connectivity index (χ0) is 18.1. The van der Waals surface area contributed by atoms with Gasteiger partial charge in [-0.3, -0.25) is 4.98 Å². The lowest BCUT2D eigenvalue weighted by Gasteiger charge is -2.22. The van der Waals surface area contributed by atoms with Gasteiger partial charge in [-0.05, 0) is 49.8 Å². The van der Waals surface area contributed by atoms with E-state index in [-0.39, 0.29) is 0 Å². The minimum absolute atomic E-state index is 0.530. The Bertz CT molecular complexity index is 926. The Labute approximate surface area is 164 Å². The van der Waals surface area contributed by atoms with Gasteiger partial charge >= 0.3 is 0 Å². The number of aryl methyl sites for hydroxylation is 2. The predicted molar refractivity (Wildman–Crippen MR) is 112 cm³/mol. The van der Waals surface area contributed by atoms with Gasteiger partial charge in [0.05, 0.1) is 5.39 Å². The standard InChI is InChI=1S/C22H26N4S/c1-2-4-9-16(10-5-3-1)24-21-19-17-11-6-12-18(17)27-22(19)26-20(25-21)15-8-7-13-23-14-15/h7-8,13-14,16H,1-6,9-12H2,(H,24,25,26). The number of hydrogen-bond donors (Lipinski definition) is 1. The van der Waals surface area contributed by atoms with E-state index in [1.165, 1.54) is 80.0 Å². The average Bonchev–Trinajstić information content (AvgIpc) is 3.25. The first-order valence-electron chi connectivity index (χ1n) is 10.4. The van der Waals surface area contributed by atoms with Crippen molar-refractivity contribution in [2.45, 2.75) is 70.3 Å². The molecule has 140 valence electrons. The maximum Gasteiger partial charge on any atom is 0.164 e. The summed E-state index contributed by atoms with van der Waals surface area (Å²) < 4.78 is 0. The van der Waals surface area contributed by atoms with E-state index in [1.807, 2.05) is 23.6 Å². The Hall–Kier alpha value is -2.01. The van der Waals surface area contributed by atoms with E-state index in [0.717, 1.165) is 22.0 Å². The SMILES string of the molecule is c1cncc(-c2nc(NC3CCCCCCC3)c3c4c(sc3n2)CCC4)c1. The Morgan fingerprint density at radius 2 is 1.81 bits per heavy atom. The first-order valence-corrected chi connectivity index (χ1v) is 11.2. The third-order valence-electron chi connectivity index (χ3n) is 5.93. The number of aromatic nitrogens is 3. The van der Waals surface area contributed by atoms with E-state index >= 15 is 0 Å². The fourth-order valence-corrected chi connectivity index (χ4v) is 5.78. The number of hydrogen-bond acceptors (Lipinski definition) is 5. The summed E-state index contributed by atoms with van der Waals surface area (Å²) in [7, 11) is 0. The second-order valence-corrected chi connectivity index (χ2v) is 8.95. The second-order valence-electron chi connectivity index (χ2n) is 7.86. The molecule has 1 fully saturated rings. The van der Waals surface area contributed by atoms with Crippen LogP contribution in [0, 0.1) is 0 Å². The van der Waals surface area contributed by atoms with E-state index in [4.69, 9.17) is 9.97 Å². The van der Waals surface area contributed by atoms with Crippen LogP contribution in [0.2, 0.25) is 0 Å². The molecule has 4 nitrogen and oxygen atoms in total. The summed E-state index contributed by atoms with van der Waals surface area (Å²) in [5, 5.41) is 5.15. The van der Waals surface area contributed by atoms with E-state index in [0.29, 0.717) is 6.04 Å². The molecule has 2 aliphatic carbocycles. The number of anilines is 1. The zero-order valence-corrected chi connectivity index (χ0v) is 16.5. The Morgan fingerprint density at radius 1 is 0.963 bits per heavy atom. The van der Waals surface area contributed by atoms with Crippen molar-refractivity contribution in [1.82, 2.24) is 15.0 Å².